The zero-order valence-corrected chi connectivity index (χ0v) is 15.3. The maximum atomic E-state index is 12.6. The second-order valence-electron chi connectivity index (χ2n) is 6.25. The van der Waals surface area contributed by atoms with Gasteiger partial charge in [0, 0.05) is 12.6 Å². The van der Waals surface area contributed by atoms with Gasteiger partial charge in [-0.1, -0.05) is 38.5 Å². The van der Waals surface area contributed by atoms with Crippen molar-refractivity contribution in [3.05, 3.63) is 29.8 Å². The summed E-state index contributed by atoms with van der Waals surface area (Å²) in [6.07, 6.45) is 3.20. The van der Waals surface area contributed by atoms with Gasteiger partial charge in [0.15, 0.2) is 16.4 Å². The molecule has 1 amide bonds. The summed E-state index contributed by atoms with van der Waals surface area (Å²) in [7, 11) is -3.01. The third-order valence-corrected chi connectivity index (χ3v) is 6.18. The van der Waals surface area contributed by atoms with Crippen molar-refractivity contribution in [2.24, 2.45) is 0 Å². The summed E-state index contributed by atoms with van der Waals surface area (Å²) in [5.41, 5.74) is 1.06. The van der Waals surface area contributed by atoms with Gasteiger partial charge in [-0.2, -0.15) is 0 Å². The molecule has 1 aromatic carbocycles. The van der Waals surface area contributed by atoms with E-state index in [0.717, 1.165) is 30.6 Å². The fourth-order valence-corrected chi connectivity index (χ4v) is 4.75. The van der Waals surface area contributed by atoms with Gasteiger partial charge in [0.2, 0.25) is 0 Å². The van der Waals surface area contributed by atoms with Crippen molar-refractivity contribution in [2.75, 3.05) is 24.7 Å². The predicted octanol–water partition coefficient (Wildman–Crippen LogP) is 2.44. The molecule has 0 bridgehead atoms. The largest absolute Gasteiger partial charge is 0.483 e. The molecule has 0 aromatic heterocycles. The smallest absolute Gasteiger partial charge is 0.260 e. The fourth-order valence-electron chi connectivity index (χ4n) is 3.02. The van der Waals surface area contributed by atoms with E-state index in [1.165, 1.54) is 0 Å². The first-order valence-electron chi connectivity index (χ1n) is 8.67. The van der Waals surface area contributed by atoms with Crippen LogP contribution in [0, 0.1) is 0 Å². The third kappa shape index (κ3) is 4.97. The number of nitrogens with zero attached hydrogens (tertiary/aromatic N) is 1. The minimum Gasteiger partial charge on any atom is -0.483 e. The van der Waals surface area contributed by atoms with Gasteiger partial charge < -0.3 is 9.64 Å². The minimum atomic E-state index is -3.01. The highest BCUT2D eigenvalue weighted by atomic mass is 32.2. The van der Waals surface area contributed by atoms with Gasteiger partial charge in [0.1, 0.15) is 5.75 Å². The van der Waals surface area contributed by atoms with Crippen LogP contribution in [0.3, 0.4) is 0 Å². The number of rotatable bonds is 8. The van der Waals surface area contributed by atoms with Crippen molar-refractivity contribution < 1.29 is 17.9 Å². The molecular formula is C18H27NO4S. The molecule has 5 nitrogen and oxygen atoms in total. The molecule has 1 atom stereocenters. The van der Waals surface area contributed by atoms with Crippen LogP contribution >= 0.6 is 0 Å². The number of carbonyl (C=O) groups excluding carboxylic acids is 1. The fraction of sp³-hybridized carbons (Fsp3) is 0.611. The first-order valence-corrected chi connectivity index (χ1v) is 10.5. The molecule has 24 heavy (non-hydrogen) atoms. The van der Waals surface area contributed by atoms with E-state index in [2.05, 4.69) is 6.92 Å². The summed E-state index contributed by atoms with van der Waals surface area (Å²) < 4.78 is 29.2. The van der Waals surface area contributed by atoms with Gasteiger partial charge in [-0.05, 0) is 30.9 Å². The molecule has 1 aliphatic rings. The number of carbonyl (C=O) groups is 1. The number of aryl methyl sites for hydroxylation is 1. The van der Waals surface area contributed by atoms with Crippen LogP contribution in [0.1, 0.15) is 38.7 Å². The average molecular weight is 353 g/mol. The Bertz CT molecular complexity index is 657. The van der Waals surface area contributed by atoms with Crippen LogP contribution < -0.4 is 4.74 Å². The minimum absolute atomic E-state index is 0.0444. The first kappa shape index (κ1) is 18.8. The number of para-hydroxylation sites is 1. The second kappa shape index (κ2) is 8.51. The molecule has 0 N–H and O–H groups in total. The molecule has 1 saturated heterocycles. The lowest BCUT2D eigenvalue weighted by atomic mass is 10.1. The highest BCUT2D eigenvalue weighted by molar-refractivity contribution is 7.91. The highest BCUT2D eigenvalue weighted by Gasteiger charge is 2.34. The standard InChI is InChI=1S/C18H27NO4S/c1-3-5-11-19(16-10-12-24(21,22)14-16)18(20)13-23-17-9-7-6-8-15(17)4-2/h6-9,16H,3-5,10-14H2,1-2H3. The SMILES string of the molecule is CCCCN(C(=O)COc1ccccc1CC)C1CCS(=O)(=O)C1. The van der Waals surface area contributed by atoms with Crippen LogP contribution in [0.4, 0.5) is 0 Å². The van der Waals surface area contributed by atoms with Gasteiger partial charge in [-0.3, -0.25) is 4.79 Å². The molecule has 1 unspecified atom stereocenters. The summed E-state index contributed by atoms with van der Waals surface area (Å²) in [6.45, 7) is 4.65. The lowest BCUT2D eigenvalue weighted by Crippen LogP contribution is -2.44. The normalized spacial score (nSPS) is 19.2. The topological polar surface area (TPSA) is 63.7 Å². The van der Waals surface area contributed by atoms with E-state index < -0.39 is 9.84 Å². The molecule has 1 fully saturated rings. The molecule has 2 rings (SSSR count). The van der Waals surface area contributed by atoms with Gasteiger partial charge in [-0.15, -0.1) is 0 Å². The van der Waals surface area contributed by atoms with Crippen LogP contribution in [-0.4, -0.2) is 49.9 Å². The number of unbranched alkanes of at least 4 members (excludes halogenated alkanes) is 1. The van der Waals surface area contributed by atoms with E-state index in [0.29, 0.717) is 13.0 Å². The van der Waals surface area contributed by atoms with E-state index in [4.69, 9.17) is 4.74 Å². The maximum Gasteiger partial charge on any atom is 0.260 e. The summed E-state index contributed by atoms with van der Waals surface area (Å²) >= 11 is 0. The molecule has 0 spiro atoms. The van der Waals surface area contributed by atoms with E-state index in [1.807, 2.05) is 31.2 Å². The molecule has 0 aliphatic carbocycles. The zero-order chi connectivity index (χ0) is 17.6. The second-order valence-corrected chi connectivity index (χ2v) is 8.48. The summed E-state index contributed by atoms with van der Waals surface area (Å²) in [4.78, 5) is 14.3. The number of hydrogen-bond donors (Lipinski definition) is 0. The number of hydrogen-bond acceptors (Lipinski definition) is 4. The molecule has 0 saturated carbocycles. The number of benzene rings is 1. The van der Waals surface area contributed by atoms with Crippen molar-refractivity contribution in [1.29, 1.82) is 0 Å². The van der Waals surface area contributed by atoms with E-state index >= 15 is 0 Å². The highest BCUT2D eigenvalue weighted by Crippen LogP contribution is 2.21. The van der Waals surface area contributed by atoms with Crippen LogP contribution in [0.2, 0.25) is 0 Å². The number of ether oxygens (including phenoxy) is 1. The van der Waals surface area contributed by atoms with Gasteiger partial charge >= 0.3 is 0 Å². The molecule has 1 heterocycles. The molecule has 6 heteroatoms. The van der Waals surface area contributed by atoms with Crippen molar-refractivity contribution in [1.82, 2.24) is 4.90 Å². The quantitative estimate of drug-likeness (QED) is 0.720. The Balaban J connectivity index is 2.02. The van der Waals surface area contributed by atoms with Crippen LogP contribution in [0.5, 0.6) is 5.75 Å². The maximum absolute atomic E-state index is 12.6. The monoisotopic (exact) mass is 353 g/mol. The Morgan fingerprint density at radius 1 is 1.29 bits per heavy atom. The van der Waals surface area contributed by atoms with E-state index in [-0.39, 0.29) is 30.1 Å². The van der Waals surface area contributed by atoms with Crippen molar-refractivity contribution >= 4 is 15.7 Å². The molecule has 1 aliphatic heterocycles. The Morgan fingerprint density at radius 2 is 2.04 bits per heavy atom. The number of sulfone groups is 1. The predicted molar refractivity (Wildman–Crippen MR) is 95.0 cm³/mol. The first-order chi connectivity index (χ1) is 11.5. The van der Waals surface area contributed by atoms with Crippen LogP contribution in [0.15, 0.2) is 24.3 Å². The summed E-state index contributed by atoms with van der Waals surface area (Å²) in [6, 6.07) is 7.47. The Kier molecular flexibility index (Phi) is 6.66. The Morgan fingerprint density at radius 3 is 2.67 bits per heavy atom. The molecular weight excluding hydrogens is 326 g/mol. The number of amides is 1. The van der Waals surface area contributed by atoms with Crippen LogP contribution in [0.25, 0.3) is 0 Å². The Hall–Kier alpha value is -1.56. The van der Waals surface area contributed by atoms with E-state index in [9.17, 15) is 13.2 Å². The Labute approximate surface area is 144 Å². The third-order valence-electron chi connectivity index (χ3n) is 4.43. The van der Waals surface area contributed by atoms with Gasteiger partial charge in [0.05, 0.1) is 11.5 Å². The van der Waals surface area contributed by atoms with Crippen molar-refractivity contribution in [3.8, 4) is 5.75 Å². The van der Waals surface area contributed by atoms with Gasteiger partial charge in [-0.25, -0.2) is 8.42 Å². The van der Waals surface area contributed by atoms with Crippen molar-refractivity contribution in [2.45, 2.75) is 45.6 Å². The lowest BCUT2D eigenvalue weighted by Gasteiger charge is -2.28. The molecule has 134 valence electrons. The van der Waals surface area contributed by atoms with Gasteiger partial charge in [0.25, 0.3) is 5.91 Å². The van der Waals surface area contributed by atoms with E-state index in [1.54, 1.807) is 4.90 Å². The van der Waals surface area contributed by atoms with Crippen LogP contribution in [-0.2, 0) is 21.1 Å². The zero-order valence-electron chi connectivity index (χ0n) is 14.5. The molecule has 1 aromatic rings. The summed E-state index contributed by atoms with van der Waals surface area (Å²) in [5.74, 6) is 0.848. The average Bonchev–Trinajstić information content (AvgIpc) is 2.93. The molecule has 0 radical (unpaired) electrons. The summed E-state index contributed by atoms with van der Waals surface area (Å²) in [5, 5.41) is 0. The van der Waals surface area contributed by atoms with Crippen molar-refractivity contribution in [3.63, 3.8) is 0 Å². The lowest BCUT2D eigenvalue weighted by molar-refractivity contribution is -0.135.